The van der Waals surface area contributed by atoms with Gasteiger partial charge in [0, 0.05) is 27.4 Å². The smallest absolute Gasteiger partial charge is 0.457 e. The lowest BCUT2D eigenvalue weighted by Crippen LogP contribution is -2.52. The average molecular weight is 306 g/mol. The predicted octanol–water partition coefficient (Wildman–Crippen LogP) is 1.06. The summed E-state index contributed by atoms with van der Waals surface area (Å²) >= 11 is 0. The third-order valence-corrected chi connectivity index (χ3v) is 6.40. The summed E-state index contributed by atoms with van der Waals surface area (Å²) in [6.07, 6.45) is 1.18. The van der Waals surface area contributed by atoms with Gasteiger partial charge in [0.1, 0.15) is 13.2 Å². The molecule has 0 saturated heterocycles. The fourth-order valence-electron chi connectivity index (χ4n) is 1.82. The molecule has 7 heteroatoms. The number of hydrogen-bond acceptors (Lipinski definition) is 5. The first-order valence-corrected chi connectivity index (χ1v) is 8.62. The first kappa shape index (κ1) is 19.3. The van der Waals surface area contributed by atoms with E-state index in [0.717, 1.165) is 30.2 Å². The zero-order valence-electron chi connectivity index (χ0n) is 13.3. The lowest BCUT2D eigenvalue weighted by Gasteiger charge is -2.35. The van der Waals surface area contributed by atoms with Gasteiger partial charge >= 0.3 is 14.8 Å². The van der Waals surface area contributed by atoms with E-state index in [4.69, 9.17) is 18.0 Å². The number of likely N-dealkylation sites (N-methyl/N-ethyl adjacent to an activating group) is 1. The van der Waals surface area contributed by atoms with Crippen LogP contribution in [0, 0.1) is 0 Å². The van der Waals surface area contributed by atoms with Gasteiger partial charge in [-0.25, -0.2) is 4.79 Å². The van der Waals surface area contributed by atoms with E-state index in [9.17, 15) is 4.79 Å². The van der Waals surface area contributed by atoms with Gasteiger partial charge in [-0.15, -0.1) is 0 Å². The Morgan fingerprint density at radius 2 is 1.75 bits per heavy atom. The van der Waals surface area contributed by atoms with Crippen LogP contribution in [-0.2, 0) is 22.8 Å². The molecule has 118 valence electrons. The topological polar surface area (TPSA) is 54.0 Å². The van der Waals surface area contributed by atoms with Crippen molar-refractivity contribution < 1.29 is 27.3 Å². The maximum atomic E-state index is 11.0. The summed E-state index contributed by atoms with van der Waals surface area (Å²) in [4.78, 5) is 11.0. The fourth-order valence-corrected chi connectivity index (χ4v) is 3.74. The minimum atomic E-state index is -2.55. The average Bonchev–Trinajstić information content (AvgIpc) is 2.49. The van der Waals surface area contributed by atoms with E-state index in [1.807, 2.05) is 0 Å². The molecule has 0 spiro atoms. The van der Waals surface area contributed by atoms with E-state index in [1.54, 1.807) is 21.3 Å². The predicted molar refractivity (Wildman–Crippen MR) is 79.2 cm³/mol. The van der Waals surface area contributed by atoms with Crippen LogP contribution in [0.15, 0.2) is 12.7 Å². The molecule has 20 heavy (non-hydrogen) atoms. The summed E-state index contributed by atoms with van der Waals surface area (Å²) in [6, 6.07) is 0.718. The van der Waals surface area contributed by atoms with Crippen LogP contribution < -0.4 is 0 Å². The molecular weight excluding hydrogens is 278 g/mol. The van der Waals surface area contributed by atoms with Gasteiger partial charge in [-0.05, 0) is 6.92 Å². The molecule has 0 rings (SSSR count). The zero-order valence-corrected chi connectivity index (χ0v) is 14.3. The van der Waals surface area contributed by atoms with Crippen molar-refractivity contribution in [1.82, 2.24) is 0 Å². The lowest BCUT2D eigenvalue weighted by molar-refractivity contribution is -0.906. The number of esters is 1. The normalized spacial score (nSPS) is 14.7. The Hall–Kier alpha value is -0.733. The van der Waals surface area contributed by atoms with E-state index in [0.29, 0.717) is 6.61 Å². The lowest BCUT2D eigenvalue weighted by atomic mass is 10.4. The van der Waals surface area contributed by atoms with Crippen molar-refractivity contribution in [1.29, 1.82) is 0 Å². The van der Waals surface area contributed by atoms with Crippen LogP contribution >= 0.6 is 0 Å². The molecule has 0 amide bonds. The summed E-state index contributed by atoms with van der Waals surface area (Å²) in [7, 11) is 4.40. The Morgan fingerprint density at radius 3 is 2.15 bits per heavy atom. The molecule has 0 radical (unpaired) electrons. The Balaban J connectivity index is 4.42. The van der Waals surface area contributed by atoms with Crippen molar-refractivity contribution in [2.45, 2.75) is 13.0 Å². The summed E-state index contributed by atoms with van der Waals surface area (Å²) in [5.74, 6) is -0.387. The van der Waals surface area contributed by atoms with Crippen LogP contribution in [0.2, 0.25) is 6.04 Å². The van der Waals surface area contributed by atoms with Gasteiger partial charge in [0.05, 0.1) is 26.2 Å². The second kappa shape index (κ2) is 9.25. The van der Waals surface area contributed by atoms with Crippen LogP contribution in [0.4, 0.5) is 0 Å². The monoisotopic (exact) mass is 306 g/mol. The molecule has 0 aromatic rings. The SMILES string of the molecule is C=CC(=O)OCC[N+](C)(CC)CC[Si](OC)(OC)OC. The largest absolute Gasteiger partial charge is 0.505 e. The number of rotatable bonds is 11. The Labute approximate surface area is 123 Å². The van der Waals surface area contributed by atoms with Crippen molar-refractivity contribution in [2.24, 2.45) is 0 Å². The van der Waals surface area contributed by atoms with E-state index in [-0.39, 0.29) is 5.97 Å². The first-order valence-electron chi connectivity index (χ1n) is 6.69. The second-order valence-electron chi connectivity index (χ2n) is 4.80. The maximum absolute atomic E-state index is 11.0. The number of nitrogens with zero attached hydrogens (tertiary/aromatic N) is 1. The molecule has 0 aliphatic carbocycles. The highest BCUT2D eigenvalue weighted by Crippen LogP contribution is 2.16. The van der Waals surface area contributed by atoms with Gasteiger partial charge in [-0.1, -0.05) is 6.58 Å². The van der Waals surface area contributed by atoms with Crippen molar-refractivity contribution in [2.75, 3.05) is 54.6 Å². The van der Waals surface area contributed by atoms with Crippen LogP contribution in [-0.4, -0.2) is 73.9 Å². The molecule has 0 fully saturated rings. The van der Waals surface area contributed by atoms with Crippen LogP contribution in [0.1, 0.15) is 6.92 Å². The molecule has 0 aromatic carbocycles. The highest BCUT2D eigenvalue weighted by Gasteiger charge is 2.40. The molecule has 0 saturated carbocycles. The van der Waals surface area contributed by atoms with Crippen LogP contribution in [0.25, 0.3) is 0 Å². The number of ether oxygens (including phenoxy) is 1. The molecular formula is C13H28NO5Si+. The highest BCUT2D eigenvalue weighted by molar-refractivity contribution is 6.60. The second-order valence-corrected chi connectivity index (χ2v) is 7.89. The van der Waals surface area contributed by atoms with Gasteiger partial charge in [0.15, 0.2) is 0 Å². The van der Waals surface area contributed by atoms with Crippen LogP contribution in [0.5, 0.6) is 0 Å². The van der Waals surface area contributed by atoms with E-state index < -0.39 is 8.80 Å². The van der Waals surface area contributed by atoms with Crippen molar-refractivity contribution in [3.63, 3.8) is 0 Å². The molecule has 0 aromatic heterocycles. The molecule has 6 nitrogen and oxygen atoms in total. The standard InChI is InChI=1S/C13H28NO5Si/c1-7-13(15)19-11-9-14(3,8-2)10-12-20(16-4,17-5)18-6/h7H,1,8-12H2,2-6H3/q+1. The molecule has 0 aliphatic heterocycles. The van der Waals surface area contributed by atoms with Gasteiger partial charge in [-0.3, -0.25) is 0 Å². The summed E-state index contributed by atoms with van der Waals surface area (Å²) < 4.78 is 22.1. The number of hydrogen-bond donors (Lipinski definition) is 0. The minimum Gasteiger partial charge on any atom is -0.457 e. The fraction of sp³-hybridized carbons (Fsp3) is 0.769. The Morgan fingerprint density at radius 1 is 1.20 bits per heavy atom. The Kier molecular flexibility index (Phi) is 8.91. The maximum Gasteiger partial charge on any atom is 0.505 e. The summed E-state index contributed by atoms with van der Waals surface area (Å²) in [5, 5.41) is 0. The van der Waals surface area contributed by atoms with Gasteiger partial charge in [-0.2, -0.15) is 0 Å². The number of quaternary nitrogens is 1. The zero-order chi connectivity index (χ0) is 15.6. The summed E-state index contributed by atoms with van der Waals surface area (Å²) in [6.45, 7) is 8.34. The van der Waals surface area contributed by atoms with Crippen molar-refractivity contribution in [3.05, 3.63) is 12.7 Å². The van der Waals surface area contributed by atoms with E-state index in [2.05, 4.69) is 20.6 Å². The molecule has 0 heterocycles. The van der Waals surface area contributed by atoms with Crippen molar-refractivity contribution >= 4 is 14.8 Å². The first-order chi connectivity index (χ1) is 9.40. The van der Waals surface area contributed by atoms with Gasteiger partial charge in [0.25, 0.3) is 0 Å². The van der Waals surface area contributed by atoms with E-state index >= 15 is 0 Å². The van der Waals surface area contributed by atoms with Crippen LogP contribution in [0.3, 0.4) is 0 Å². The molecule has 1 atom stereocenters. The third kappa shape index (κ3) is 6.15. The number of carbonyl (C=O) groups excluding carboxylic acids is 1. The molecule has 1 unspecified atom stereocenters. The number of carbonyl (C=O) groups is 1. The van der Waals surface area contributed by atoms with E-state index in [1.165, 1.54) is 6.08 Å². The third-order valence-electron chi connectivity index (χ3n) is 3.70. The van der Waals surface area contributed by atoms with Crippen molar-refractivity contribution in [3.8, 4) is 0 Å². The summed E-state index contributed by atoms with van der Waals surface area (Å²) in [5.41, 5.74) is 0. The molecule has 0 aliphatic rings. The Bertz CT molecular complexity index is 301. The quantitative estimate of drug-likeness (QED) is 0.247. The van der Waals surface area contributed by atoms with Gasteiger partial charge in [0.2, 0.25) is 0 Å². The minimum absolute atomic E-state index is 0.372. The highest BCUT2D eigenvalue weighted by atomic mass is 28.4. The molecule has 0 bridgehead atoms. The molecule has 0 N–H and O–H groups in total. The van der Waals surface area contributed by atoms with Gasteiger partial charge < -0.3 is 22.5 Å².